The van der Waals surface area contributed by atoms with E-state index < -0.39 is 46.9 Å². The van der Waals surface area contributed by atoms with Crippen LogP contribution in [0.3, 0.4) is 0 Å². The summed E-state index contributed by atoms with van der Waals surface area (Å²) in [5, 5.41) is 28.9. The number of hydrogen-bond acceptors (Lipinski definition) is 10. The second kappa shape index (κ2) is 9.78. The van der Waals surface area contributed by atoms with Gasteiger partial charge in [-0.05, 0) is 30.7 Å². The molecule has 5 N–H and O–H groups in total. The Hall–Kier alpha value is -2.87. The van der Waals surface area contributed by atoms with E-state index in [1.165, 1.54) is 18.6 Å². The number of furan rings is 1. The first kappa shape index (κ1) is 24.3. The largest absolute Gasteiger partial charge is 0.453 e. The average Bonchev–Trinajstić information content (AvgIpc) is 3.39. The number of aliphatic hydroxyl groups is 2. The van der Waals surface area contributed by atoms with Crippen molar-refractivity contribution < 1.29 is 32.0 Å². The number of halogens is 1. The minimum Gasteiger partial charge on any atom is -0.453 e. The van der Waals surface area contributed by atoms with E-state index in [0.717, 1.165) is 0 Å². The third-order valence-electron chi connectivity index (χ3n) is 5.50. The molecule has 180 valence electrons. The molecule has 0 spiro atoms. The molecule has 0 unspecified atom stereocenters. The van der Waals surface area contributed by atoms with Gasteiger partial charge in [0.15, 0.2) is 5.76 Å². The minimum atomic E-state index is -4.20. The molecular formula is C21H21ClN4O7S. The third kappa shape index (κ3) is 5.27. The number of aromatic nitrogens is 2. The summed E-state index contributed by atoms with van der Waals surface area (Å²) in [7, 11) is -4.20. The van der Waals surface area contributed by atoms with Crippen LogP contribution in [0.25, 0.3) is 11.3 Å². The quantitative estimate of drug-likeness (QED) is 0.325. The molecule has 1 saturated carbocycles. The van der Waals surface area contributed by atoms with Crippen molar-refractivity contribution in [2.45, 2.75) is 24.7 Å². The minimum absolute atomic E-state index is 0.0270. The van der Waals surface area contributed by atoms with Crippen LogP contribution in [0.15, 0.2) is 53.3 Å². The molecule has 3 aromatic rings. The third-order valence-corrected chi connectivity index (χ3v) is 6.29. The first-order chi connectivity index (χ1) is 16.1. The highest BCUT2D eigenvalue weighted by atomic mass is 35.5. The maximum Gasteiger partial charge on any atom is 0.333 e. The molecule has 0 saturated heterocycles. The van der Waals surface area contributed by atoms with E-state index in [-0.39, 0.29) is 23.6 Å². The Balaban J connectivity index is 1.53. The fourth-order valence-electron chi connectivity index (χ4n) is 3.80. The number of carbonyl (C=O) groups is 1. The van der Waals surface area contributed by atoms with Crippen LogP contribution in [0.1, 0.15) is 22.5 Å². The van der Waals surface area contributed by atoms with Crippen LogP contribution in [0.5, 0.6) is 0 Å². The first-order valence-corrected chi connectivity index (χ1v) is 12.0. The summed E-state index contributed by atoms with van der Waals surface area (Å²) >= 11 is 6.20. The number of aliphatic hydroxyl groups excluding tert-OH is 2. The van der Waals surface area contributed by atoms with E-state index in [9.17, 15) is 23.4 Å². The Bertz CT molecular complexity index is 1300. The van der Waals surface area contributed by atoms with Crippen LogP contribution in [0.4, 0.5) is 5.82 Å². The number of rotatable bonds is 8. The predicted molar refractivity (Wildman–Crippen MR) is 121 cm³/mol. The van der Waals surface area contributed by atoms with Gasteiger partial charge in [-0.1, -0.05) is 23.7 Å². The predicted octanol–water partition coefficient (Wildman–Crippen LogP) is 1.36. The molecule has 1 aromatic carbocycles. The number of ketones is 1. The fraction of sp³-hybridized carbons (Fsp3) is 0.286. The number of nitrogens with two attached hydrogens (primary N) is 1. The standard InChI is InChI=1S/C21H21ClN4O7S/c22-14-4-2-1-3-12(14)16-5-6-17(33-16)19(28)13-8-24-10-25-21(13)26-15-7-11(18(27)20(15)29)9-32-34(23,30)31/h1-6,8,10-11,15,18,20,27,29H,7,9H2,(H2,23,30,31)(H,24,25,26)/t11-,15-,18-,20+/m1/s1. The molecule has 0 radical (unpaired) electrons. The van der Waals surface area contributed by atoms with Crippen molar-refractivity contribution in [3.05, 3.63) is 65.3 Å². The number of hydrogen-bond donors (Lipinski definition) is 4. The Kier molecular flexibility index (Phi) is 6.98. The normalized spacial score (nSPS) is 22.6. The molecule has 4 rings (SSSR count). The second-order valence-corrected chi connectivity index (χ2v) is 9.39. The number of anilines is 1. The highest BCUT2D eigenvalue weighted by molar-refractivity contribution is 7.84. The van der Waals surface area contributed by atoms with Crippen LogP contribution in [0.2, 0.25) is 5.02 Å². The second-order valence-electron chi connectivity index (χ2n) is 7.76. The monoisotopic (exact) mass is 508 g/mol. The summed E-state index contributed by atoms with van der Waals surface area (Å²) in [6, 6.07) is 9.42. The van der Waals surface area contributed by atoms with Gasteiger partial charge in [-0.25, -0.2) is 15.1 Å². The first-order valence-electron chi connectivity index (χ1n) is 10.1. The average molecular weight is 509 g/mol. The zero-order valence-electron chi connectivity index (χ0n) is 17.5. The fourth-order valence-corrected chi connectivity index (χ4v) is 4.39. The van der Waals surface area contributed by atoms with Crippen LogP contribution in [-0.4, -0.2) is 59.2 Å². The van der Waals surface area contributed by atoms with Crippen LogP contribution < -0.4 is 10.5 Å². The Morgan fingerprint density at radius 2 is 2.00 bits per heavy atom. The summed E-state index contributed by atoms with van der Waals surface area (Å²) < 4.78 is 32.3. The van der Waals surface area contributed by atoms with Gasteiger partial charge in [0, 0.05) is 17.7 Å². The van der Waals surface area contributed by atoms with Gasteiger partial charge < -0.3 is 19.9 Å². The molecule has 34 heavy (non-hydrogen) atoms. The van der Waals surface area contributed by atoms with Crippen molar-refractivity contribution >= 4 is 33.5 Å². The molecule has 11 nitrogen and oxygen atoms in total. The summed E-state index contributed by atoms with van der Waals surface area (Å²) in [5.41, 5.74) is 0.704. The molecule has 1 aliphatic rings. The Labute approximate surface area is 199 Å². The highest BCUT2D eigenvalue weighted by Crippen LogP contribution is 2.32. The van der Waals surface area contributed by atoms with Gasteiger partial charge >= 0.3 is 10.3 Å². The van der Waals surface area contributed by atoms with Crippen LogP contribution >= 0.6 is 11.6 Å². The van der Waals surface area contributed by atoms with Gasteiger partial charge in [0.25, 0.3) is 0 Å². The van der Waals surface area contributed by atoms with Crippen LogP contribution in [-0.2, 0) is 14.5 Å². The lowest BCUT2D eigenvalue weighted by Gasteiger charge is -2.19. The number of nitrogens with zero attached hydrogens (tertiary/aromatic N) is 2. The molecule has 13 heteroatoms. The van der Waals surface area contributed by atoms with Gasteiger partial charge in [0.2, 0.25) is 5.78 Å². The van der Waals surface area contributed by atoms with Gasteiger partial charge in [-0.3, -0.25) is 8.98 Å². The molecule has 2 heterocycles. The number of benzene rings is 1. The summed E-state index contributed by atoms with van der Waals surface area (Å²) in [6.07, 6.45) is 0.100. The summed E-state index contributed by atoms with van der Waals surface area (Å²) in [4.78, 5) is 21.1. The Morgan fingerprint density at radius 3 is 2.74 bits per heavy atom. The van der Waals surface area contributed by atoms with Gasteiger partial charge in [0.05, 0.1) is 29.3 Å². The molecule has 0 amide bonds. The zero-order valence-corrected chi connectivity index (χ0v) is 19.1. The lowest BCUT2D eigenvalue weighted by atomic mass is 10.1. The number of carbonyl (C=O) groups excluding carboxylic acids is 1. The molecule has 2 aromatic heterocycles. The zero-order chi connectivity index (χ0) is 24.5. The smallest absolute Gasteiger partial charge is 0.333 e. The van der Waals surface area contributed by atoms with Gasteiger partial charge in [-0.2, -0.15) is 8.42 Å². The van der Waals surface area contributed by atoms with E-state index in [2.05, 4.69) is 19.5 Å². The topological polar surface area (TPSA) is 178 Å². The maximum atomic E-state index is 13.1. The molecule has 0 bridgehead atoms. The van der Waals surface area contributed by atoms with E-state index in [4.69, 9.17) is 21.2 Å². The Morgan fingerprint density at radius 1 is 1.24 bits per heavy atom. The number of nitrogens with one attached hydrogen (secondary N) is 1. The lowest BCUT2D eigenvalue weighted by Crippen LogP contribution is -2.36. The summed E-state index contributed by atoms with van der Waals surface area (Å²) in [5.74, 6) is -0.676. The molecule has 0 aliphatic heterocycles. The van der Waals surface area contributed by atoms with Crippen molar-refractivity contribution in [2.24, 2.45) is 11.1 Å². The van der Waals surface area contributed by atoms with E-state index in [1.54, 1.807) is 30.3 Å². The van der Waals surface area contributed by atoms with Crippen molar-refractivity contribution in [1.29, 1.82) is 0 Å². The van der Waals surface area contributed by atoms with Gasteiger partial charge in [0.1, 0.15) is 24.0 Å². The molecule has 4 atom stereocenters. The van der Waals surface area contributed by atoms with Crippen molar-refractivity contribution in [3.63, 3.8) is 0 Å². The molecular weight excluding hydrogens is 488 g/mol. The lowest BCUT2D eigenvalue weighted by molar-refractivity contribution is 0.00778. The van der Waals surface area contributed by atoms with Crippen molar-refractivity contribution in [1.82, 2.24) is 9.97 Å². The summed E-state index contributed by atoms with van der Waals surface area (Å²) in [6.45, 7) is -0.401. The van der Waals surface area contributed by atoms with Gasteiger partial charge in [-0.15, -0.1) is 0 Å². The van der Waals surface area contributed by atoms with Crippen molar-refractivity contribution in [2.75, 3.05) is 11.9 Å². The molecule has 1 aliphatic carbocycles. The molecule has 1 fully saturated rings. The SMILES string of the molecule is NS(=O)(=O)OC[C@H]1C[C@@H](Nc2ncncc2C(=O)c2ccc(-c3ccccc3Cl)o2)[C@H](O)[C@@H]1O. The van der Waals surface area contributed by atoms with E-state index in [0.29, 0.717) is 16.3 Å². The van der Waals surface area contributed by atoms with E-state index in [1.807, 2.05) is 0 Å². The highest BCUT2D eigenvalue weighted by Gasteiger charge is 2.42. The van der Waals surface area contributed by atoms with Crippen molar-refractivity contribution in [3.8, 4) is 11.3 Å². The van der Waals surface area contributed by atoms with E-state index >= 15 is 0 Å². The maximum absolute atomic E-state index is 13.1. The van der Waals surface area contributed by atoms with Crippen LogP contribution in [0, 0.1) is 5.92 Å².